The third kappa shape index (κ3) is 3.80. The van der Waals surface area contributed by atoms with E-state index in [9.17, 15) is 0 Å². The molecule has 1 aliphatic rings. The third-order valence-corrected chi connectivity index (χ3v) is 3.45. The first-order valence-corrected chi connectivity index (χ1v) is 6.71. The van der Waals surface area contributed by atoms with Gasteiger partial charge in [-0.05, 0) is 30.9 Å². The van der Waals surface area contributed by atoms with Gasteiger partial charge in [0, 0.05) is 26.3 Å². The van der Waals surface area contributed by atoms with E-state index in [1.54, 1.807) is 7.11 Å². The molecule has 100 valence electrons. The van der Waals surface area contributed by atoms with E-state index < -0.39 is 0 Å². The van der Waals surface area contributed by atoms with Crippen molar-refractivity contribution < 1.29 is 9.47 Å². The highest BCUT2D eigenvalue weighted by Crippen LogP contribution is 2.16. The van der Waals surface area contributed by atoms with Crippen LogP contribution in [0.25, 0.3) is 0 Å². The van der Waals surface area contributed by atoms with Crippen LogP contribution in [0.2, 0.25) is 0 Å². The van der Waals surface area contributed by atoms with Gasteiger partial charge < -0.3 is 14.8 Å². The van der Waals surface area contributed by atoms with E-state index in [1.807, 2.05) is 0 Å². The lowest BCUT2D eigenvalue weighted by molar-refractivity contribution is 0.0832. The van der Waals surface area contributed by atoms with Crippen molar-refractivity contribution in [2.45, 2.75) is 45.1 Å². The zero-order chi connectivity index (χ0) is 12.8. The molecule has 3 heteroatoms. The molecule has 2 unspecified atom stereocenters. The van der Waals surface area contributed by atoms with Crippen molar-refractivity contribution in [2.24, 2.45) is 0 Å². The van der Waals surface area contributed by atoms with E-state index in [4.69, 9.17) is 9.47 Å². The number of hydrogen-bond acceptors (Lipinski definition) is 3. The minimum absolute atomic E-state index is 0.382. The first kappa shape index (κ1) is 13.5. The number of nitrogens with one attached hydrogen (secondary N) is 1. The number of methoxy groups -OCH3 is 1. The maximum atomic E-state index is 5.68. The Morgan fingerprint density at radius 3 is 3.00 bits per heavy atom. The van der Waals surface area contributed by atoms with E-state index in [0.717, 1.165) is 13.2 Å². The third-order valence-electron chi connectivity index (χ3n) is 3.45. The van der Waals surface area contributed by atoms with E-state index in [-0.39, 0.29) is 0 Å². The lowest BCUT2D eigenvalue weighted by atomic mass is 10.1. The van der Waals surface area contributed by atoms with Gasteiger partial charge in [0.15, 0.2) is 0 Å². The summed E-state index contributed by atoms with van der Waals surface area (Å²) in [5.74, 6) is 0. The second kappa shape index (κ2) is 6.88. The second-order valence-corrected chi connectivity index (χ2v) is 4.97. The molecule has 1 aromatic carbocycles. The van der Waals surface area contributed by atoms with Gasteiger partial charge in [0.2, 0.25) is 0 Å². The van der Waals surface area contributed by atoms with Crippen LogP contribution in [0.15, 0.2) is 24.3 Å². The zero-order valence-electron chi connectivity index (χ0n) is 11.3. The van der Waals surface area contributed by atoms with Crippen LogP contribution >= 0.6 is 0 Å². The quantitative estimate of drug-likeness (QED) is 0.840. The topological polar surface area (TPSA) is 30.5 Å². The van der Waals surface area contributed by atoms with E-state index in [2.05, 4.69) is 36.5 Å². The molecule has 1 N–H and O–H groups in total. The van der Waals surface area contributed by atoms with Crippen molar-refractivity contribution in [3.8, 4) is 0 Å². The molecule has 1 aromatic rings. The van der Waals surface area contributed by atoms with Gasteiger partial charge in [-0.1, -0.05) is 24.3 Å². The van der Waals surface area contributed by atoms with Crippen LogP contribution in [0.1, 0.15) is 30.9 Å². The van der Waals surface area contributed by atoms with Crippen molar-refractivity contribution >= 4 is 0 Å². The van der Waals surface area contributed by atoms with E-state index >= 15 is 0 Å². The van der Waals surface area contributed by atoms with Gasteiger partial charge >= 0.3 is 0 Å². The summed E-state index contributed by atoms with van der Waals surface area (Å²) in [7, 11) is 1.73. The highest BCUT2D eigenvalue weighted by atomic mass is 16.5. The fourth-order valence-corrected chi connectivity index (χ4v) is 2.40. The molecular weight excluding hydrogens is 226 g/mol. The maximum absolute atomic E-state index is 5.68. The average Bonchev–Trinajstić information content (AvgIpc) is 2.91. The number of ether oxygens (including phenoxy) is 2. The fourth-order valence-electron chi connectivity index (χ4n) is 2.40. The highest BCUT2D eigenvalue weighted by molar-refractivity contribution is 5.22. The van der Waals surface area contributed by atoms with Gasteiger partial charge in [-0.15, -0.1) is 0 Å². The molecule has 0 amide bonds. The summed E-state index contributed by atoms with van der Waals surface area (Å²) in [4.78, 5) is 0. The van der Waals surface area contributed by atoms with Gasteiger partial charge in [-0.3, -0.25) is 0 Å². The van der Waals surface area contributed by atoms with Crippen LogP contribution in [0.4, 0.5) is 0 Å². The molecule has 1 saturated heterocycles. The monoisotopic (exact) mass is 249 g/mol. The smallest absolute Gasteiger partial charge is 0.0726 e. The van der Waals surface area contributed by atoms with E-state index in [1.165, 1.54) is 24.0 Å². The van der Waals surface area contributed by atoms with Crippen LogP contribution in [0.3, 0.4) is 0 Å². The average molecular weight is 249 g/mol. The lowest BCUT2D eigenvalue weighted by Crippen LogP contribution is -2.36. The second-order valence-electron chi connectivity index (χ2n) is 4.97. The summed E-state index contributed by atoms with van der Waals surface area (Å²) in [5, 5.41) is 3.54. The first-order valence-electron chi connectivity index (χ1n) is 6.71. The standard InChI is InChI=1S/C15H23NO2/c1-12(15-7-4-8-18-15)16-10-13-5-3-6-14(9-13)11-17-2/h3,5-6,9,12,15-16H,4,7-8,10-11H2,1-2H3. The molecule has 0 radical (unpaired) electrons. The van der Waals surface area contributed by atoms with Crippen LogP contribution in [0.5, 0.6) is 0 Å². The predicted molar refractivity (Wildman–Crippen MR) is 72.4 cm³/mol. The molecule has 0 aliphatic carbocycles. The van der Waals surface area contributed by atoms with Crippen LogP contribution in [-0.2, 0) is 22.6 Å². The molecule has 2 rings (SSSR count). The summed E-state index contributed by atoms with van der Waals surface area (Å²) in [6.45, 7) is 4.68. The fraction of sp³-hybridized carbons (Fsp3) is 0.600. The summed E-state index contributed by atoms with van der Waals surface area (Å²) >= 11 is 0. The molecule has 0 bridgehead atoms. The predicted octanol–water partition coefficient (Wildman–Crippen LogP) is 2.49. The van der Waals surface area contributed by atoms with Gasteiger partial charge in [-0.25, -0.2) is 0 Å². The highest BCUT2D eigenvalue weighted by Gasteiger charge is 2.21. The Labute approximate surface area is 109 Å². The zero-order valence-corrected chi connectivity index (χ0v) is 11.3. The van der Waals surface area contributed by atoms with Crippen LogP contribution in [0, 0.1) is 0 Å². The van der Waals surface area contributed by atoms with Gasteiger partial charge in [0.05, 0.1) is 12.7 Å². The Bertz CT molecular complexity index is 361. The minimum Gasteiger partial charge on any atom is -0.380 e. The lowest BCUT2D eigenvalue weighted by Gasteiger charge is -2.20. The van der Waals surface area contributed by atoms with Gasteiger partial charge in [-0.2, -0.15) is 0 Å². The molecule has 1 heterocycles. The summed E-state index contributed by atoms with van der Waals surface area (Å²) in [6, 6.07) is 8.93. The van der Waals surface area contributed by atoms with E-state index in [0.29, 0.717) is 18.8 Å². The number of hydrogen-bond donors (Lipinski definition) is 1. The SMILES string of the molecule is COCc1cccc(CNC(C)C2CCCO2)c1. The maximum Gasteiger partial charge on any atom is 0.0726 e. The summed E-state index contributed by atoms with van der Waals surface area (Å²) < 4.78 is 10.8. The number of rotatable bonds is 6. The van der Waals surface area contributed by atoms with Crippen molar-refractivity contribution in [3.63, 3.8) is 0 Å². The molecule has 1 fully saturated rings. The van der Waals surface area contributed by atoms with Gasteiger partial charge in [0.1, 0.15) is 0 Å². The summed E-state index contributed by atoms with van der Waals surface area (Å²) in [6.07, 6.45) is 2.75. The molecule has 2 atom stereocenters. The molecule has 1 aliphatic heterocycles. The largest absolute Gasteiger partial charge is 0.380 e. The van der Waals surface area contributed by atoms with Crippen molar-refractivity contribution in [2.75, 3.05) is 13.7 Å². The normalized spacial score (nSPS) is 21.1. The summed E-state index contributed by atoms with van der Waals surface area (Å²) in [5.41, 5.74) is 2.52. The molecule has 0 spiro atoms. The van der Waals surface area contributed by atoms with Crippen molar-refractivity contribution in [1.29, 1.82) is 0 Å². The molecule has 0 saturated carbocycles. The van der Waals surface area contributed by atoms with Gasteiger partial charge in [0.25, 0.3) is 0 Å². The van der Waals surface area contributed by atoms with Crippen molar-refractivity contribution in [1.82, 2.24) is 5.32 Å². The molecule has 18 heavy (non-hydrogen) atoms. The Kier molecular flexibility index (Phi) is 5.17. The Morgan fingerprint density at radius 2 is 2.28 bits per heavy atom. The van der Waals surface area contributed by atoms with Crippen molar-refractivity contribution in [3.05, 3.63) is 35.4 Å². The van der Waals surface area contributed by atoms with Crippen LogP contribution < -0.4 is 5.32 Å². The molecule has 0 aromatic heterocycles. The number of benzene rings is 1. The Morgan fingerprint density at radius 1 is 1.44 bits per heavy atom. The molecule has 3 nitrogen and oxygen atoms in total. The Balaban J connectivity index is 1.83. The van der Waals surface area contributed by atoms with Crippen LogP contribution in [-0.4, -0.2) is 25.9 Å². The Hall–Kier alpha value is -0.900. The minimum atomic E-state index is 0.382. The molecular formula is C15H23NO2. The first-order chi connectivity index (χ1) is 8.79.